The number of amides is 1. The first-order chi connectivity index (χ1) is 10.3. The molecule has 0 aromatic carbocycles. The van der Waals surface area contributed by atoms with Crippen LogP contribution in [0.1, 0.15) is 26.5 Å². The molecule has 1 N–H and O–H groups in total. The Bertz CT molecular complexity index is 673. The molecule has 0 spiro atoms. The standard InChI is InChI=1S/C15H22N4O3/c1-10-8-11-12(17-9-18-13(11)21-5)19(10)7-6-16-14(20)22-15(2,3)4/h8-9H,6-7H2,1-5H3,(H,16,20). The lowest BCUT2D eigenvalue weighted by Gasteiger charge is -2.19. The van der Waals surface area contributed by atoms with Crippen LogP contribution < -0.4 is 10.1 Å². The Morgan fingerprint density at radius 2 is 2.09 bits per heavy atom. The second-order valence-corrected chi connectivity index (χ2v) is 5.99. The molecule has 0 fully saturated rings. The molecule has 2 heterocycles. The lowest BCUT2D eigenvalue weighted by atomic mass is 10.2. The number of carbonyl (C=O) groups excluding carboxylic acids is 1. The van der Waals surface area contributed by atoms with Crippen molar-refractivity contribution < 1.29 is 14.3 Å². The molecule has 7 nitrogen and oxygen atoms in total. The zero-order valence-electron chi connectivity index (χ0n) is 13.6. The summed E-state index contributed by atoms with van der Waals surface area (Å²) in [5.41, 5.74) is 1.32. The molecule has 120 valence electrons. The average molecular weight is 306 g/mol. The summed E-state index contributed by atoms with van der Waals surface area (Å²) in [6.45, 7) is 8.52. The van der Waals surface area contributed by atoms with Gasteiger partial charge in [0.15, 0.2) is 0 Å². The zero-order chi connectivity index (χ0) is 16.3. The molecule has 0 saturated heterocycles. The number of hydrogen-bond donors (Lipinski definition) is 1. The number of fused-ring (bicyclic) bond motifs is 1. The van der Waals surface area contributed by atoms with E-state index in [-0.39, 0.29) is 0 Å². The molecular formula is C15H22N4O3. The monoisotopic (exact) mass is 306 g/mol. The highest BCUT2D eigenvalue weighted by Crippen LogP contribution is 2.24. The molecule has 0 aliphatic heterocycles. The Labute approximate surface area is 129 Å². The van der Waals surface area contributed by atoms with E-state index >= 15 is 0 Å². The van der Waals surface area contributed by atoms with Gasteiger partial charge in [-0.2, -0.15) is 0 Å². The van der Waals surface area contributed by atoms with Gasteiger partial charge in [0.2, 0.25) is 5.88 Å². The predicted octanol–water partition coefficient (Wildman–Crippen LogP) is 2.27. The van der Waals surface area contributed by atoms with Crippen LogP contribution in [0.15, 0.2) is 12.4 Å². The highest BCUT2D eigenvalue weighted by atomic mass is 16.6. The minimum atomic E-state index is -0.499. The van der Waals surface area contributed by atoms with E-state index in [4.69, 9.17) is 9.47 Å². The maximum absolute atomic E-state index is 11.6. The molecule has 2 rings (SSSR count). The number of methoxy groups -OCH3 is 1. The van der Waals surface area contributed by atoms with Crippen molar-refractivity contribution in [1.29, 1.82) is 0 Å². The molecule has 7 heteroatoms. The Morgan fingerprint density at radius 3 is 2.73 bits per heavy atom. The molecule has 0 aliphatic rings. The maximum Gasteiger partial charge on any atom is 0.407 e. The topological polar surface area (TPSA) is 78.3 Å². The van der Waals surface area contributed by atoms with Crippen molar-refractivity contribution in [1.82, 2.24) is 19.9 Å². The third kappa shape index (κ3) is 3.66. The van der Waals surface area contributed by atoms with Gasteiger partial charge in [-0.25, -0.2) is 14.8 Å². The molecule has 1 amide bonds. The number of rotatable bonds is 4. The molecule has 0 unspecified atom stereocenters. The van der Waals surface area contributed by atoms with Crippen molar-refractivity contribution >= 4 is 17.1 Å². The summed E-state index contributed by atoms with van der Waals surface area (Å²) in [5.74, 6) is 0.548. The van der Waals surface area contributed by atoms with Crippen molar-refractivity contribution in [2.45, 2.75) is 39.8 Å². The van der Waals surface area contributed by atoms with Gasteiger partial charge in [-0.15, -0.1) is 0 Å². The molecule has 0 atom stereocenters. The van der Waals surface area contributed by atoms with Crippen LogP contribution in [-0.2, 0) is 11.3 Å². The Kier molecular flexibility index (Phi) is 4.54. The Balaban J connectivity index is 2.06. The van der Waals surface area contributed by atoms with Crippen molar-refractivity contribution in [3.05, 3.63) is 18.1 Å². The highest BCUT2D eigenvalue weighted by Gasteiger charge is 2.16. The van der Waals surface area contributed by atoms with E-state index in [1.54, 1.807) is 7.11 Å². The highest BCUT2D eigenvalue weighted by molar-refractivity contribution is 5.82. The fourth-order valence-electron chi connectivity index (χ4n) is 2.19. The van der Waals surface area contributed by atoms with Gasteiger partial charge in [-0.1, -0.05) is 0 Å². The van der Waals surface area contributed by atoms with Crippen LogP contribution in [0, 0.1) is 6.92 Å². The Morgan fingerprint density at radius 1 is 1.36 bits per heavy atom. The fourth-order valence-corrected chi connectivity index (χ4v) is 2.19. The van der Waals surface area contributed by atoms with Gasteiger partial charge in [0, 0.05) is 18.8 Å². The third-order valence-corrected chi connectivity index (χ3v) is 3.06. The van der Waals surface area contributed by atoms with Gasteiger partial charge in [0.25, 0.3) is 0 Å². The van der Waals surface area contributed by atoms with Gasteiger partial charge < -0.3 is 19.4 Å². The molecule has 22 heavy (non-hydrogen) atoms. The lowest BCUT2D eigenvalue weighted by molar-refractivity contribution is 0.0526. The average Bonchev–Trinajstić information content (AvgIpc) is 2.73. The predicted molar refractivity (Wildman–Crippen MR) is 83.1 cm³/mol. The minimum absolute atomic E-state index is 0.422. The van der Waals surface area contributed by atoms with Crippen LogP contribution in [0.25, 0.3) is 11.0 Å². The third-order valence-electron chi connectivity index (χ3n) is 3.06. The van der Waals surface area contributed by atoms with Crippen molar-refractivity contribution in [2.75, 3.05) is 13.7 Å². The van der Waals surface area contributed by atoms with E-state index in [1.807, 2.05) is 38.3 Å². The minimum Gasteiger partial charge on any atom is -0.480 e. The van der Waals surface area contributed by atoms with E-state index in [0.29, 0.717) is 19.0 Å². The largest absolute Gasteiger partial charge is 0.480 e. The summed E-state index contributed by atoms with van der Waals surface area (Å²) in [7, 11) is 1.58. The first-order valence-electron chi connectivity index (χ1n) is 7.13. The molecule has 0 saturated carbocycles. The SMILES string of the molecule is COc1ncnc2c1cc(C)n2CCNC(=O)OC(C)(C)C. The van der Waals surface area contributed by atoms with Crippen LogP contribution in [0.2, 0.25) is 0 Å². The van der Waals surface area contributed by atoms with Gasteiger partial charge in [-0.3, -0.25) is 0 Å². The number of nitrogens with zero attached hydrogens (tertiary/aromatic N) is 3. The molecule has 2 aromatic heterocycles. The summed E-state index contributed by atoms with van der Waals surface area (Å²) >= 11 is 0. The first kappa shape index (κ1) is 16.1. The normalized spacial score (nSPS) is 11.5. The van der Waals surface area contributed by atoms with E-state index in [0.717, 1.165) is 16.7 Å². The smallest absolute Gasteiger partial charge is 0.407 e. The number of nitrogens with one attached hydrogen (secondary N) is 1. The van der Waals surface area contributed by atoms with Crippen LogP contribution in [0.5, 0.6) is 5.88 Å². The number of carbonyl (C=O) groups is 1. The van der Waals surface area contributed by atoms with E-state index in [2.05, 4.69) is 15.3 Å². The molecule has 0 bridgehead atoms. The number of aryl methyl sites for hydroxylation is 1. The number of ether oxygens (including phenoxy) is 2. The van der Waals surface area contributed by atoms with E-state index in [1.165, 1.54) is 6.33 Å². The quantitative estimate of drug-likeness (QED) is 0.937. The maximum atomic E-state index is 11.6. The lowest BCUT2D eigenvalue weighted by Crippen LogP contribution is -2.34. The van der Waals surface area contributed by atoms with E-state index in [9.17, 15) is 4.79 Å². The second-order valence-electron chi connectivity index (χ2n) is 5.99. The summed E-state index contributed by atoms with van der Waals surface area (Å²) in [6.07, 6.45) is 1.05. The van der Waals surface area contributed by atoms with Gasteiger partial charge >= 0.3 is 6.09 Å². The molecular weight excluding hydrogens is 284 g/mol. The van der Waals surface area contributed by atoms with Crippen LogP contribution in [-0.4, -0.2) is 39.9 Å². The van der Waals surface area contributed by atoms with Crippen LogP contribution in [0.4, 0.5) is 4.79 Å². The molecule has 0 radical (unpaired) electrons. The van der Waals surface area contributed by atoms with Gasteiger partial charge in [0.1, 0.15) is 17.6 Å². The summed E-state index contributed by atoms with van der Waals surface area (Å²) in [4.78, 5) is 20.0. The van der Waals surface area contributed by atoms with Crippen molar-refractivity contribution in [3.8, 4) is 5.88 Å². The fraction of sp³-hybridized carbons (Fsp3) is 0.533. The Hall–Kier alpha value is -2.31. The summed E-state index contributed by atoms with van der Waals surface area (Å²) < 4.78 is 12.5. The number of aromatic nitrogens is 3. The van der Waals surface area contributed by atoms with E-state index < -0.39 is 11.7 Å². The van der Waals surface area contributed by atoms with Crippen molar-refractivity contribution in [3.63, 3.8) is 0 Å². The van der Waals surface area contributed by atoms with Crippen LogP contribution in [0.3, 0.4) is 0 Å². The molecule has 2 aromatic rings. The molecule has 0 aliphatic carbocycles. The summed E-state index contributed by atoms with van der Waals surface area (Å²) in [5, 5.41) is 3.60. The second kappa shape index (κ2) is 6.21. The number of hydrogen-bond acceptors (Lipinski definition) is 5. The first-order valence-corrected chi connectivity index (χ1v) is 7.13. The summed E-state index contributed by atoms with van der Waals surface area (Å²) in [6, 6.07) is 1.97. The number of alkyl carbamates (subject to hydrolysis) is 1. The zero-order valence-corrected chi connectivity index (χ0v) is 13.6. The van der Waals surface area contributed by atoms with Gasteiger partial charge in [-0.05, 0) is 33.8 Å². The van der Waals surface area contributed by atoms with Gasteiger partial charge in [0.05, 0.1) is 12.5 Å². The van der Waals surface area contributed by atoms with Crippen molar-refractivity contribution in [2.24, 2.45) is 0 Å². The van der Waals surface area contributed by atoms with Crippen LogP contribution >= 0.6 is 0 Å².